The summed E-state index contributed by atoms with van der Waals surface area (Å²) in [5.74, 6) is 0. The molecule has 0 amide bonds. The molecule has 0 atom stereocenters. The van der Waals surface area contributed by atoms with Crippen LogP contribution in [0.5, 0.6) is 0 Å². The first-order valence-electron chi connectivity index (χ1n) is 7.31. The summed E-state index contributed by atoms with van der Waals surface area (Å²) in [4.78, 5) is 2.68. The molecule has 3 nitrogen and oxygen atoms in total. The molecule has 0 aromatic heterocycles. The maximum absolute atomic E-state index is 5.09. The van der Waals surface area contributed by atoms with Gasteiger partial charge >= 0.3 is 0 Å². The Balaban J connectivity index is 1.63. The zero-order chi connectivity index (χ0) is 12.0. The van der Waals surface area contributed by atoms with Crippen molar-refractivity contribution in [2.24, 2.45) is 0 Å². The molecule has 100 valence electrons. The van der Waals surface area contributed by atoms with Crippen LogP contribution in [0.25, 0.3) is 0 Å². The van der Waals surface area contributed by atoms with Gasteiger partial charge in [0.15, 0.2) is 0 Å². The Kier molecular flexibility index (Phi) is 5.26. The van der Waals surface area contributed by atoms with Gasteiger partial charge in [-0.2, -0.15) is 0 Å². The van der Waals surface area contributed by atoms with Crippen molar-refractivity contribution in [3.05, 3.63) is 0 Å². The Labute approximate surface area is 106 Å². The number of hydrogen-bond donors (Lipinski definition) is 1. The van der Waals surface area contributed by atoms with Crippen LogP contribution in [0.3, 0.4) is 0 Å². The predicted octanol–water partition coefficient (Wildman–Crippen LogP) is 2.02. The van der Waals surface area contributed by atoms with Gasteiger partial charge in [-0.1, -0.05) is 12.8 Å². The van der Waals surface area contributed by atoms with Gasteiger partial charge in [-0.3, -0.25) is 0 Å². The fourth-order valence-electron chi connectivity index (χ4n) is 3.38. The smallest absolute Gasteiger partial charge is 0.0462 e. The molecule has 0 radical (unpaired) electrons. The highest BCUT2D eigenvalue weighted by Gasteiger charge is 2.37. The molecular formula is C14H28N2O. The quantitative estimate of drug-likeness (QED) is 0.719. The van der Waals surface area contributed by atoms with E-state index in [-0.39, 0.29) is 0 Å². The van der Waals surface area contributed by atoms with Crippen LogP contribution in [0.2, 0.25) is 0 Å². The van der Waals surface area contributed by atoms with Gasteiger partial charge in [0, 0.05) is 38.9 Å². The van der Waals surface area contributed by atoms with Crippen LogP contribution < -0.4 is 5.32 Å². The van der Waals surface area contributed by atoms with Crippen LogP contribution >= 0.6 is 0 Å². The molecule has 1 aliphatic heterocycles. The van der Waals surface area contributed by atoms with E-state index >= 15 is 0 Å². The lowest BCUT2D eigenvalue weighted by molar-refractivity contribution is 0.131. The number of nitrogens with zero attached hydrogens (tertiary/aromatic N) is 1. The Bertz CT molecular complexity index is 214. The standard InChI is InChI=1S/C14H28N2O/c1-17-12-6-2-5-10-16-11-9-15-14(13-16)7-3-4-8-14/h15H,2-13H2,1H3. The van der Waals surface area contributed by atoms with E-state index in [0.29, 0.717) is 5.54 Å². The molecule has 2 fully saturated rings. The highest BCUT2D eigenvalue weighted by Crippen LogP contribution is 2.31. The third-order valence-electron chi connectivity index (χ3n) is 4.34. The van der Waals surface area contributed by atoms with E-state index in [1.54, 1.807) is 7.11 Å². The summed E-state index contributed by atoms with van der Waals surface area (Å²) in [7, 11) is 1.79. The van der Waals surface area contributed by atoms with Gasteiger partial charge in [0.2, 0.25) is 0 Å². The molecule has 2 aliphatic rings. The number of ether oxygens (including phenoxy) is 1. The van der Waals surface area contributed by atoms with Crippen molar-refractivity contribution in [1.29, 1.82) is 0 Å². The fourth-order valence-corrected chi connectivity index (χ4v) is 3.38. The van der Waals surface area contributed by atoms with E-state index in [9.17, 15) is 0 Å². The molecule has 17 heavy (non-hydrogen) atoms. The number of methoxy groups -OCH3 is 1. The molecule has 1 heterocycles. The second kappa shape index (κ2) is 6.72. The first-order chi connectivity index (χ1) is 8.35. The van der Waals surface area contributed by atoms with Crippen molar-refractivity contribution >= 4 is 0 Å². The lowest BCUT2D eigenvalue weighted by atomic mass is 9.94. The zero-order valence-electron chi connectivity index (χ0n) is 11.3. The van der Waals surface area contributed by atoms with Crippen molar-refractivity contribution in [1.82, 2.24) is 10.2 Å². The minimum atomic E-state index is 0.491. The van der Waals surface area contributed by atoms with E-state index in [0.717, 1.165) is 6.61 Å². The van der Waals surface area contributed by atoms with E-state index in [1.807, 2.05) is 0 Å². The van der Waals surface area contributed by atoms with E-state index in [4.69, 9.17) is 4.74 Å². The van der Waals surface area contributed by atoms with Gasteiger partial charge < -0.3 is 15.0 Å². The number of piperazine rings is 1. The highest BCUT2D eigenvalue weighted by molar-refractivity contribution is 4.97. The zero-order valence-corrected chi connectivity index (χ0v) is 11.3. The Morgan fingerprint density at radius 1 is 1.18 bits per heavy atom. The van der Waals surface area contributed by atoms with Crippen molar-refractivity contribution in [2.45, 2.75) is 50.5 Å². The van der Waals surface area contributed by atoms with Crippen LogP contribution in [0.1, 0.15) is 44.9 Å². The average Bonchev–Trinajstić information content (AvgIpc) is 2.77. The largest absolute Gasteiger partial charge is 0.385 e. The van der Waals surface area contributed by atoms with Gasteiger partial charge in [0.1, 0.15) is 0 Å². The summed E-state index contributed by atoms with van der Waals surface area (Å²) in [5.41, 5.74) is 0.491. The maximum atomic E-state index is 5.09. The molecule has 1 N–H and O–H groups in total. The molecule has 0 unspecified atom stereocenters. The monoisotopic (exact) mass is 240 g/mol. The summed E-state index contributed by atoms with van der Waals surface area (Å²) in [5, 5.41) is 3.77. The van der Waals surface area contributed by atoms with Crippen molar-refractivity contribution in [3.63, 3.8) is 0 Å². The normalized spacial score (nSPS) is 24.5. The summed E-state index contributed by atoms with van der Waals surface area (Å²) in [6, 6.07) is 0. The number of hydrogen-bond acceptors (Lipinski definition) is 3. The second-order valence-corrected chi connectivity index (χ2v) is 5.74. The highest BCUT2D eigenvalue weighted by atomic mass is 16.5. The lowest BCUT2D eigenvalue weighted by Gasteiger charge is -2.41. The lowest BCUT2D eigenvalue weighted by Crippen LogP contribution is -2.59. The second-order valence-electron chi connectivity index (χ2n) is 5.74. The summed E-state index contributed by atoms with van der Waals surface area (Å²) in [6.45, 7) is 5.93. The van der Waals surface area contributed by atoms with Gasteiger partial charge in [-0.05, 0) is 38.6 Å². The Hall–Kier alpha value is -0.120. The van der Waals surface area contributed by atoms with Crippen LogP contribution in [-0.4, -0.2) is 50.3 Å². The summed E-state index contributed by atoms with van der Waals surface area (Å²) < 4.78 is 5.09. The van der Waals surface area contributed by atoms with E-state index in [2.05, 4.69) is 10.2 Å². The Morgan fingerprint density at radius 3 is 2.76 bits per heavy atom. The van der Waals surface area contributed by atoms with Crippen molar-refractivity contribution in [2.75, 3.05) is 39.9 Å². The van der Waals surface area contributed by atoms with E-state index < -0.39 is 0 Å². The van der Waals surface area contributed by atoms with Crippen LogP contribution in [-0.2, 0) is 4.74 Å². The summed E-state index contributed by atoms with van der Waals surface area (Å²) in [6.07, 6.45) is 9.50. The van der Waals surface area contributed by atoms with Crippen molar-refractivity contribution in [3.8, 4) is 0 Å². The van der Waals surface area contributed by atoms with Crippen molar-refractivity contribution < 1.29 is 4.74 Å². The number of unbranched alkanes of at least 4 members (excludes halogenated alkanes) is 2. The van der Waals surface area contributed by atoms with Gasteiger partial charge in [0.05, 0.1) is 0 Å². The average molecular weight is 240 g/mol. The summed E-state index contributed by atoms with van der Waals surface area (Å²) >= 11 is 0. The topological polar surface area (TPSA) is 24.5 Å². The molecule has 1 saturated heterocycles. The SMILES string of the molecule is COCCCCCN1CCNC2(CCCC2)C1. The molecule has 1 saturated carbocycles. The molecular weight excluding hydrogens is 212 g/mol. The predicted molar refractivity (Wildman–Crippen MR) is 71.4 cm³/mol. The fraction of sp³-hybridized carbons (Fsp3) is 1.00. The molecule has 0 aromatic rings. The first-order valence-corrected chi connectivity index (χ1v) is 7.31. The van der Waals surface area contributed by atoms with Crippen LogP contribution in [0.4, 0.5) is 0 Å². The number of rotatable bonds is 6. The molecule has 1 aliphatic carbocycles. The minimum Gasteiger partial charge on any atom is -0.385 e. The third-order valence-corrected chi connectivity index (χ3v) is 4.34. The molecule has 0 aromatic carbocycles. The molecule has 0 bridgehead atoms. The molecule has 3 heteroatoms. The van der Waals surface area contributed by atoms with Gasteiger partial charge in [-0.25, -0.2) is 0 Å². The first kappa shape index (κ1) is 13.3. The minimum absolute atomic E-state index is 0.491. The Morgan fingerprint density at radius 2 is 2.00 bits per heavy atom. The molecule has 2 rings (SSSR count). The van der Waals surface area contributed by atoms with Gasteiger partial charge in [0.25, 0.3) is 0 Å². The molecule has 1 spiro atoms. The third kappa shape index (κ3) is 3.94. The van der Waals surface area contributed by atoms with Crippen LogP contribution in [0.15, 0.2) is 0 Å². The van der Waals surface area contributed by atoms with Crippen LogP contribution in [0, 0.1) is 0 Å². The number of nitrogens with one attached hydrogen (secondary N) is 1. The van der Waals surface area contributed by atoms with Gasteiger partial charge in [-0.15, -0.1) is 0 Å². The van der Waals surface area contributed by atoms with E-state index in [1.165, 1.54) is 71.1 Å². The maximum Gasteiger partial charge on any atom is 0.0462 e.